The van der Waals surface area contributed by atoms with Gasteiger partial charge in [-0.05, 0) is 31.5 Å². The number of carbonyl (C=O) groups excluding carboxylic acids is 2. The molecule has 0 aliphatic heterocycles. The number of anilines is 1. The van der Waals surface area contributed by atoms with E-state index in [1.165, 1.54) is 18.2 Å². The zero-order valence-electron chi connectivity index (χ0n) is 13.1. The third-order valence-electron chi connectivity index (χ3n) is 3.03. The van der Waals surface area contributed by atoms with Crippen molar-refractivity contribution in [3.8, 4) is 0 Å². The Morgan fingerprint density at radius 3 is 2.57 bits per heavy atom. The van der Waals surface area contributed by atoms with Crippen molar-refractivity contribution in [1.82, 2.24) is 10.0 Å². The topological polar surface area (TPSA) is 130 Å². The molecule has 0 aromatic heterocycles. The van der Waals surface area contributed by atoms with Gasteiger partial charge in [-0.15, -0.1) is 0 Å². The molecule has 0 fully saturated rings. The average Bonchev–Trinajstić information content (AvgIpc) is 2.52. The summed E-state index contributed by atoms with van der Waals surface area (Å²) in [6, 6.07) is 5.69. The highest BCUT2D eigenvalue weighted by molar-refractivity contribution is 7.89. The average molecular weight is 342 g/mol. The lowest BCUT2D eigenvalue weighted by Crippen LogP contribution is -2.36. The van der Waals surface area contributed by atoms with Gasteiger partial charge in [-0.3, -0.25) is 9.59 Å². The maximum absolute atomic E-state index is 12.2. The molecule has 0 spiro atoms. The number of nitrogens with one attached hydrogen (secondary N) is 3. The van der Waals surface area contributed by atoms with Crippen LogP contribution in [0.2, 0.25) is 0 Å². The second-order valence-electron chi connectivity index (χ2n) is 4.99. The molecule has 0 aliphatic rings. The highest BCUT2D eigenvalue weighted by Gasteiger charge is 2.17. The van der Waals surface area contributed by atoms with Crippen molar-refractivity contribution in [2.24, 2.45) is 5.73 Å². The van der Waals surface area contributed by atoms with Gasteiger partial charge in [-0.1, -0.05) is 13.0 Å². The summed E-state index contributed by atoms with van der Waals surface area (Å²) >= 11 is 0. The summed E-state index contributed by atoms with van der Waals surface area (Å²) in [7, 11) is -3.65. The molecule has 9 heteroatoms. The Morgan fingerprint density at radius 2 is 1.96 bits per heavy atom. The number of hydrogen-bond donors (Lipinski definition) is 4. The summed E-state index contributed by atoms with van der Waals surface area (Å²) in [5.74, 6) is -0.925. The molecule has 5 N–H and O–H groups in total. The number of sulfonamides is 1. The number of nitrogens with two attached hydrogens (primary N) is 1. The van der Waals surface area contributed by atoms with Gasteiger partial charge in [0.25, 0.3) is 0 Å². The Hall–Kier alpha value is -1.97. The minimum atomic E-state index is -3.65. The Bertz CT molecular complexity index is 660. The molecule has 0 saturated heterocycles. The maximum atomic E-state index is 12.2. The first-order chi connectivity index (χ1) is 10.8. The first-order valence-electron chi connectivity index (χ1n) is 7.17. The van der Waals surface area contributed by atoms with Crippen molar-refractivity contribution < 1.29 is 18.0 Å². The molecule has 8 nitrogen and oxygen atoms in total. The van der Waals surface area contributed by atoms with E-state index >= 15 is 0 Å². The molecule has 0 aliphatic carbocycles. The molecule has 1 rings (SSSR count). The Balaban J connectivity index is 2.77. The number of rotatable bonds is 8. The maximum Gasteiger partial charge on any atom is 0.243 e. The molecular weight excluding hydrogens is 320 g/mol. The van der Waals surface area contributed by atoms with Crippen LogP contribution >= 0.6 is 0 Å². The SMILES string of the molecule is CCC(C)NS(=O)(=O)c1cccc(NC(=O)CNC(=O)CN)c1. The minimum absolute atomic E-state index is 0.0570. The summed E-state index contributed by atoms with van der Waals surface area (Å²) in [5, 5.41) is 4.84. The van der Waals surface area contributed by atoms with Crippen LogP contribution < -0.4 is 21.1 Å². The van der Waals surface area contributed by atoms with E-state index in [0.29, 0.717) is 12.1 Å². The molecule has 1 unspecified atom stereocenters. The fourth-order valence-corrected chi connectivity index (χ4v) is 2.99. The van der Waals surface area contributed by atoms with Crippen LogP contribution in [0.1, 0.15) is 20.3 Å². The predicted molar refractivity (Wildman–Crippen MR) is 87.2 cm³/mol. The standard InChI is InChI=1S/C14H22N4O4S/c1-3-10(2)18-23(21,22)12-6-4-5-11(7-12)17-14(20)9-16-13(19)8-15/h4-7,10,18H,3,8-9,15H2,1-2H3,(H,16,19)(H,17,20). The minimum Gasteiger partial charge on any atom is -0.346 e. The number of benzene rings is 1. The first kappa shape index (κ1) is 19.1. The fraction of sp³-hybridized carbons (Fsp3) is 0.429. The van der Waals surface area contributed by atoms with Gasteiger partial charge in [-0.2, -0.15) is 0 Å². The summed E-state index contributed by atoms with van der Waals surface area (Å²) < 4.78 is 26.9. The number of hydrogen-bond acceptors (Lipinski definition) is 5. The first-order valence-corrected chi connectivity index (χ1v) is 8.65. The smallest absolute Gasteiger partial charge is 0.243 e. The van der Waals surface area contributed by atoms with Gasteiger partial charge < -0.3 is 16.4 Å². The van der Waals surface area contributed by atoms with E-state index in [0.717, 1.165) is 0 Å². The number of amides is 2. The number of carbonyl (C=O) groups is 2. The highest BCUT2D eigenvalue weighted by Crippen LogP contribution is 2.16. The second-order valence-corrected chi connectivity index (χ2v) is 6.70. The Labute approximate surface area is 135 Å². The molecule has 0 saturated carbocycles. The van der Waals surface area contributed by atoms with E-state index in [4.69, 9.17) is 5.73 Å². The van der Waals surface area contributed by atoms with Gasteiger partial charge in [-0.25, -0.2) is 13.1 Å². The lowest BCUT2D eigenvalue weighted by molar-refractivity contribution is -0.123. The second kappa shape index (κ2) is 8.61. The lowest BCUT2D eigenvalue weighted by Gasteiger charge is -2.13. The molecule has 128 valence electrons. The van der Waals surface area contributed by atoms with Gasteiger partial charge >= 0.3 is 0 Å². The largest absolute Gasteiger partial charge is 0.346 e. The fourth-order valence-electron chi connectivity index (χ4n) is 1.61. The van der Waals surface area contributed by atoms with Crippen molar-refractivity contribution in [2.45, 2.75) is 31.2 Å². The Morgan fingerprint density at radius 1 is 1.26 bits per heavy atom. The lowest BCUT2D eigenvalue weighted by atomic mass is 10.3. The van der Waals surface area contributed by atoms with Crippen LogP contribution in [0.4, 0.5) is 5.69 Å². The van der Waals surface area contributed by atoms with E-state index in [1.807, 2.05) is 6.92 Å². The quantitative estimate of drug-likeness (QED) is 0.519. The normalized spacial score (nSPS) is 12.5. The molecule has 2 amide bonds. The summed E-state index contributed by atoms with van der Waals surface area (Å²) in [4.78, 5) is 22.7. The zero-order valence-corrected chi connectivity index (χ0v) is 13.9. The van der Waals surface area contributed by atoms with E-state index in [9.17, 15) is 18.0 Å². The predicted octanol–water partition coefficient (Wildman–Crippen LogP) is -0.223. The molecule has 1 aromatic carbocycles. The molecule has 0 bridgehead atoms. The van der Waals surface area contributed by atoms with E-state index < -0.39 is 21.8 Å². The summed E-state index contributed by atoms with van der Waals surface area (Å²) in [5.41, 5.74) is 5.44. The molecular formula is C14H22N4O4S. The van der Waals surface area contributed by atoms with Crippen LogP contribution in [0.5, 0.6) is 0 Å². The zero-order chi connectivity index (χ0) is 17.5. The van der Waals surface area contributed by atoms with Crippen molar-refractivity contribution >= 4 is 27.5 Å². The summed E-state index contributed by atoms with van der Waals surface area (Å²) in [6.45, 7) is 3.20. The third-order valence-corrected chi connectivity index (χ3v) is 4.62. The van der Waals surface area contributed by atoms with Crippen LogP contribution in [0.15, 0.2) is 29.2 Å². The summed E-state index contributed by atoms with van der Waals surface area (Å²) in [6.07, 6.45) is 0.663. The Kier molecular flexibility index (Phi) is 7.14. The monoisotopic (exact) mass is 342 g/mol. The van der Waals surface area contributed by atoms with Gasteiger partial charge in [0, 0.05) is 11.7 Å². The van der Waals surface area contributed by atoms with Gasteiger partial charge in [0.2, 0.25) is 21.8 Å². The van der Waals surface area contributed by atoms with Crippen LogP contribution in [-0.2, 0) is 19.6 Å². The van der Waals surface area contributed by atoms with Crippen molar-refractivity contribution in [1.29, 1.82) is 0 Å². The van der Waals surface area contributed by atoms with E-state index in [1.54, 1.807) is 13.0 Å². The van der Waals surface area contributed by atoms with Gasteiger partial charge in [0.1, 0.15) is 0 Å². The molecule has 0 radical (unpaired) electrons. The van der Waals surface area contributed by atoms with E-state index in [2.05, 4.69) is 15.4 Å². The highest BCUT2D eigenvalue weighted by atomic mass is 32.2. The van der Waals surface area contributed by atoms with Crippen LogP contribution in [0.25, 0.3) is 0 Å². The molecule has 1 atom stereocenters. The van der Waals surface area contributed by atoms with Crippen LogP contribution in [0, 0.1) is 0 Å². The van der Waals surface area contributed by atoms with E-state index in [-0.39, 0.29) is 24.0 Å². The molecule has 0 heterocycles. The third kappa shape index (κ3) is 6.35. The molecule has 23 heavy (non-hydrogen) atoms. The van der Waals surface area contributed by atoms with Crippen LogP contribution in [-0.4, -0.2) is 39.4 Å². The van der Waals surface area contributed by atoms with Gasteiger partial charge in [0.05, 0.1) is 18.0 Å². The van der Waals surface area contributed by atoms with Crippen molar-refractivity contribution in [3.63, 3.8) is 0 Å². The van der Waals surface area contributed by atoms with Gasteiger partial charge in [0.15, 0.2) is 0 Å². The molecule has 1 aromatic rings. The van der Waals surface area contributed by atoms with Crippen molar-refractivity contribution in [2.75, 3.05) is 18.4 Å². The van der Waals surface area contributed by atoms with Crippen LogP contribution in [0.3, 0.4) is 0 Å². The van der Waals surface area contributed by atoms with Crippen molar-refractivity contribution in [3.05, 3.63) is 24.3 Å².